The fourth-order valence-corrected chi connectivity index (χ4v) is 2.63. The van der Waals surface area contributed by atoms with Crippen molar-refractivity contribution in [3.8, 4) is 0 Å². The van der Waals surface area contributed by atoms with Gasteiger partial charge < -0.3 is 10.1 Å². The van der Waals surface area contributed by atoms with Crippen molar-refractivity contribution in [2.45, 2.75) is 59.8 Å². The first-order valence-corrected chi connectivity index (χ1v) is 7.65. The van der Waals surface area contributed by atoms with Crippen LogP contribution in [0.3, 0.4) is 0 Å². The number of hydrogen-bond donors (Lipinski definition) is 2. The number of hydrogen-bond acceptors (Lipinski definition) is 2. The van der Waals surface area contributed by atoms with E-state index in [9.17, 15) is 14.7 Å². The van der Waals surface area contributed by atoms with E-state index in [0.29, 0.717) is 11.6 Å². The third-order valence-corrected chi connectivity index (χ3v) is 4.20. The number of ketones is 1. The minimum absolute atomic E-state index is 0.0295. The lowest BCUT2D eigenvalue weighted by Gasteiger charge is -2.26. The quantitative estimate of drug-likeness (QED) is 0.739. The molecule has 0 spiro atoms. The molecule has 0 saturated carbocycles. The van der Waals surface area contributed by atoms with Gasteiger partial charge in [0.15, 0.2) is 5.78 Å². The van der Waals surface area contributed by atoms with Gasteiger partial charge in [0.2, 0.25) is 0 Å². The van der Waals surface area contributed by atoms with Gasteiger partial charge in [-0.2, -0.15) is 0 Å². The molecule has 1 atom stereocenters. The van der Waals surface area contributed by atoms with Gasteiger partial charge in [0.05, 0.1) is 11.6 Å². The van der Waals surface area contributed by atoms with E-state index in [-0.39, 0.29) is 12.2 Å². The first-order valence-electron chi connectivity index (χ1n) is 7.65. The second-order valence-corrected chi connectivity index (χ2v) is 6.74. The molecule has 1 heterocycles. The SMILES string of the molecule is CCC(CC)c1c[nH]c(C(=O)CC(C(=O)O)C(C)(C)C)c1. The number of aromatic nitrogens is 1. The van der Waals surface area contributed by atoms with E-state index >= 15 is 0 Å². The number of nitrogens with one attached hydrogen (secondary N) is 1. The van der Waals surface area contributed by atoms with E-state index in [4.69, 9.17) is 0 Å². The molecule has 4 nitrogen and oxygen atoms in total. The monoisotopic (exact) mass is 293 g/mol. The number of rotatable bonds is 7. The summed E-state index contributed by atoms with van der Waals surface area (Å²) in [5.74, 6) is -1.28. The summed E-state index contributed by atoms with van der Waals surface area (Å²) in [7, 11) is 0. The third kappa shape index (κ3) is 4.45. The Kier molecular flexibility index (Phi) is 5.76. The smallest absolute Gasteiger partial charge is 0.307 e. The van der Waals surface area contributed by atoms with Gasteiger partial charge in [-0.15, -0.1) is 0 Å². The summed E-state index contributed by atoms with van der Waals surface area (Å²) < 4.78 is 0. The largest absolute Gasteiger partial charge is 0.481 e. The molecule has 0 aromatic carbocycles. The number of carboxylic acids is 1. The topological polar surface area (TPSA) is 70.2 Å². The molecule has 0 aliphatic heterocycles. The van der Waals surface area contributed by atoms with Gasteiger partial charge in [0.1, 0.15) is 0 Å². The van der Waals surface area contributed by atoms with Gasteiger partial charge in [-0.05, 0) is 35.8 Å². The number of carbonyl (C=O) groups excluding carboxylic acids is 1. The van der Waals surface area contributed by atoms with E-state index in [0.717, 1.165) is 18.4 Å². The zero-order chi connectivity index (χ0) is 16.2. The van der Waals surface area contributed by atoms with Crippen LogP contribution in [-0.2, 0) is 4.79 Å². The van der Waals surface area contributed by atoms with Gasteiger partial charge in [-0.1, -0.05) is 34.6 Å². The molecule has 21 heavy (non-hydrogen) atoms. The molecule has 2 N–H and O–H groups in total. The fraction of sp³-hybridized carbons (Fsp3) is 0.647. The second-order valence-electron chi connectivity index (χ2n) is 6.74. The van der Waals surface area contributed by atoms with Crippen LogP contribution in [0.4, 0.5) is 0 Å². The van der Waals surface area contributed by atoms with Crippen molar-refractivity contribution >= 4 is 11.8 Å². The predicted molar refractivity (Wildman–Crippen MR) is 83.6 cm³/mol. The molecule has 0 bridgehead atoms. The Bertz CT molecular complexity index is 492. The molecule has 1 aromatic heterocycles. The van der Waals surface area contributed by atoms with Crippen LogP contribution in [0, 0.1) is 11.3 Å². The van der Waals surface area contributed by atoms with Crippen molar-refractivity contribution in [1.29, 1.82) is 0 Å². The third-order valence-electron chi connectivity index (χ3n) is 4.20. The van der Waals surface area contributed by atoms with Crippen LogP contribution in [0.5, 0.6) is 0 Å². The molecule has 0 fully saturated rings. The maximum absolute atomic E-state index is 12.3. The van der Waals surface area contributed by atoms with Crippen LogP contribution in [0.25, 0.3) is 0 Å². The van der Waals surface area contributed by atoms with Gasteiger partial charge in [-0.25, -0.2) is 0 Å². The Hall–Kier alpha value is -1.58. The standard InChI is InChI=1S/C17H27NO3/c1-6-11(7-2)12-8-14(18-10-12)15(19)9-13(16(20)21)17(3,4)5/h8,10-11,13,18H,6-7,9H2,1-5H3,(H,20,21). The van der Waals surface area contributed by atoms with Crippen LogP contribution in [-0.4, -0.2) is 21.8 Å². The molecular formula is C17H27NO3. The highest BCUT2D eigenvalue weighted by Crippen LogP contribution is 2.30. The van der Waals surface area contributed by atoms with Crippen molar-refractivity contribution < 1.29 is 14.7 Å². The molecule has 1 rings (SSSR count). The fourth-order valence-electron chi connectivity index (χ4n) is 2.63. The van der Waals surface area contributed by atoms with Crippen LogP contribution >= 0.6 is 0 Å². The molecule has 0 aliphatic rings. The summed E-state index contributed by atoms with van der Waals surface area (Å²) in [5.41, 5.74) is 1.21. The highest BCUT2D eigenvalue weighted by Gasteiger charge is 2.33. The Labute approximate surface area is 127 Å². The zero-order valence-electron chi connectivity index (χ0n) is 13.7. The number of aromatic amines is 1. The van der Waals surface area contributed by atoms with Crippen molar-refractivity contribution in [2.75, 3.05) is 0 Å². The molecule has 0 aliphatic carbocycles. The maximum Gasteiger partial charge on any atom is 0.307 e. The van der Waals surface area contributed by atoms with E-state index in [1.54, 1.807) is 0 Å². The first kappa shape index (κ1) is 17.5. The lowest BCUT2D eigenvalue weighted by atomic mass is 9.77. The minimum Gasteiger partial charge on any atom is -0.481 e. The lowest BCUT2D eigenvalue weighted by molar-refractivity contribution is -0.145. The summed E-state index contributed by atoms with van der Waals surface area (Å²) in [6, 6.07) is 1.88. The van der Waals surface area contributed by atoms with E-state index in [1.807, 2.05) is 33.0 Å². The highest BCUT2D eigenvalue weighted by atomic mass is 16.4. The molecular weight excluding hydrogens is 266 g/mol. The summed E-state index contributed by atoms with van der Waals surface area (Å²) in [6.07, 6.45) is 3.96. The molecule has 0 amide bonds. The van der Waals surface area contributed by atoms with Crippen molar-refractivity contribution in [3.63, 3.8) is 0 Å². The zero-order valence-corrected chi connectivity index (χ0v) is 13.7. The van der Waals surface area contributed by atoms with Gasteiger partial charge >= 0.3 is 5.97 Å². The summed E-state index contributed by atoms with van der Waals surface area (Å²) >= 11 is 0. The molecule has 1 aromatic rings. The normalized spacial score (nSPS) is 13.4. The van der Waals surface area contributed by atoms with E-state index < -0.39 is 17.3 Å². The van der Waals surface area contributed by atoms with Gasteiger partial charge in [0.25, 0.3) is 0 Å². The van der Waals surface area contributed by atoms with Crippen LogP contribution in [0.2, 0.25) is 0 Å². The predicted octanol–water partition coefficient (Wildman–Crippen LogP) is 4.24. The Morgan fingerprint density at radius 3 is 2.24 bits per heavy atom. The molecule has 4 heteroatoms. The molecule has 118 valence electrons. The number of carbonyl (C=O) groups is 2. The number of Topliss-reactive ketones (excluding diaryl/α,β-unsaturated/α-hetero) is 1. The van der Waals surface area contributed by atoms with E-state index in [1.165, 1.54) is 0 Å². The molecule has 0 saturated heterocycles. The highest BCUT2D eigenvalue weighted by molar-refractivity contribution is 5.96. The molecule has 0 radical (unpaired) electrons. The van der Waals surface area contributed by atoms with Crippen molar-refractivity contribution in [3.05, 3.63) is 23.5 Å². The Morgan fingerprint density at radius 2 is 1.81 bits per heavy atom. The minimum atomic E-state index is -0.914. The van der Waals surface area contributed by atoms with E-state index in [2.05, 4.69) is 18.8 Å². The maximum atomic E-state index is 12.3. The average Bonchev–Trinajstić information content (AvgIpc) is 2.85. The molecule has 1 unspecified atom stereocenters. The summed E-state index contributed by atoms with van der Waals surface area (Å²) in [6.45, 7) is 9.81. The van der Waals surface area contributed by atoms with Crippen LogP contribution in [0.1, 0.15) is 75.9 Å². The summed E-state index contributed by atoms with van der Waals surface area (Å²) in [4.78, 5) is 26.7. The number of H-pyrrole nitrogens is 1. The average molecular weight is 293 g/mol. The first-order chi connectivity index (χ1) is 9.70. The van der Waals surface area contributed by atoms with Crippen molar-refractivity contribution in [2.24, 2.45) is 11.3 Å². The van der Waals surface area contributed by atoms with Crippen LogP contribution < -0.4 is 0 Å². The summed E-state index contributed by atoms with van der Waals surface area (Å²) in [5, 5.41) is 9.31. The van der Waals surface area contributed by atoms with Crippen LogP contribution in [0.15, 0.2) is 12.3 Å². The second kappa shape index (κ2) is 6.92. The lowest BCUT2D eigenvalue weighted by Crippen LogP contribution is -2.30. The van der Waals surface area contributed by atoms with Gasteiger partial charge in [0, 0.05) is 12.6 Å². The van der Waals surface area contributed by atoms with Crippen molar-refractivity contribution in [1.82, 2.24) is 4.98 Å². The number of carboxylic acid groups (broad SMARTS) is 1. The van der Waals surface area contributed by atoms with Gasteiger partial charge in [-0.3, -0.25) is 9.59 Å². The number of aliphatic carboxylic acids is 1. The Balaban J connectivity index is 2.87. The Morgan fingerprint density at radius 1 is 1.24 bits per heavy atom.